The molecular formula is C20H20F3N. The molecule has 0 spiro atoms. The van der Waals surface area contributed by atoms with E-state index in [-0.39, 0.29) is 0 Å². The Kier molecular flexibility index (Phi) is 3.50. The lowest BCUT2D eigenvalue weighted by atomic mass is 9.86. The van der Waals surface area contributed by atoms with Crippen molar-refractivity contribution in [3.63, 3.8) is 0 Å². The second-order valence-electron chi connectivity index (χ2n) is 7.10. The van der Waals surface area contributed by atoms with Crippen LogP contribution in [0.5, 0.6) is 0 Å². The molecule has 1 saturated heterocycles. The molecule has 2 aromatic rings. The summed E-state index contributed by atoms with van der Waals surface area (Å²) < 4.78 is 38.2. The van der Waals surface area contributed by atoms with Crippen LogP contribution in [0.2, 0.25) is 0 Å². The van der Waals surface area contributed by atoms with Gasteiger partial charge in [-0.2, -0.15) is 13.2 Å². The van der Waals surface area contributed by atoms with Crippen molar-refractivity contribution in [2.45, 2.75) is 31.5 Å². The van der Waals surface area contributed by atoms with Gasteiger partial charge in [0.25, 0.3) is 0 Å². The van der Waals surface area contributed by atoms with Gasteiger partial charge in [0.1, 0.15) is 0 Å². The van der Waals surface area contributed by atoms with Gasteiger partial charge in [0.2, 0.25) is 0 Å². The minimum atomic E-state index is -4.29. The molecule has 3 unspecified atom stereocenters. The molecule has 0 N–H and O–H groups in total. The van der Waals surface area contributed by atoms with E-state index >= 15 is 0 Å². The van der Waals surface area contributed by atoms with Crippen LogP contribution >= 0.6 is 0 Å². The van der Waals surface area contributed by atoms with Gasteiger partial charge in [-0.3, -0.25) is 4.90 Å². The molecule has 4 heteroatoms. The van der Waals surface area contributed by atoms with E-state index in [1.165, 1.54) is 17.5 Å². The average Bonchev–Trinajstić information content (AvgIpc) is 2.73. The quantitative estimate of drug-likeness (QED) is 0.668. The third-order valence-corrected chi connectivity index (χ3v) is 5.75. The molecule has 1 fully saturated rings. The summed E-state index contributed by atoms with van der Waals surface area (Å²) in [5.41, 5.74) is 4.01. The summed E-state index contributed by atoms with van der Waals surface area (Å²) in [5.74, 6) is 1.21. The molecule has 0 radical (unpaired) electrons. The van der Waals surface area contributed by atoms with Crippen LogP contribution in [0.25, 0.3) is 11.1 Å². The maximum Gasteiger partial charge on any atom is 0.416 e. The van der Waals surface area contributed by atoms with Crippen molar-refractivity contribution < 1.29 is 13.2 Å². The summed E-state index contributed by atoms with van der Waals surface area (Å²) in [6.07, 6.45) is -3.10. The molecule has 2 bridgehead atoms. The van der Waals surface area contributed by atoms with Crippen molar-refractivity contribution in [3.05, 3.63) is 59.2 Å². The van der Waals surface area contributed by atoms with Crippen molar-refractivity contribution >= 4 is 0 Å². The second kappa shape index (κ2) is 5.35. The van der Waals surface area contributed by atoms with Gasteiger partial charge in [-0.15, -0.1) is 0 Å². The highest BCUT2D eigenvalue weighted by Gasteiger charge is 2.43. The topological polar surface area (TPSA) is 3.24 Å². The Hall–Kier alpha value is -1.81. The van der Waals surface area contributed by atoms with Crippen molar-refractivity contribution in [2.24, 2.45) is 5.92 Å². The Morgan fingerprint density at radius 1 is 0.958 bits per heavy atom. The van der Waals surface area contributed by atoms with Gasteiger partial charge >= 0.3 is 6.18 Å². The first-order valence-electron chi connectivity index (χ1n) is 8.38. The Bertz CT molecular complexity index is 763. The summed E-state index contributed by atoms with van der Waals surface area (Å²) >= 11 is 0. The molecule has 0 amide bonds. The van der Waals surface area contributed by atoms with E-state index in [1.807, 2.05) is 0 Å². The zero-order chi connectivity index (χ0) is 17.1. The van der Waals surface area contributed by atoms with Crippen LogP contribution in [0, 0.1) is 5.92 Å². The maximum absolute atomic E-state index is 12.7. The van der Waals surface area contributed by atoms with Crippen LogP contribution < -0.4 is 0 Å². The number of alkyl halides is 3. The molecule has 24 heavy (non-hydrogen) atoms. The van der Waals surface area contributed by atoms with Crippen LogP contribution in [0.15, 0.2) is 42.5 Å². The van der Waals surface area contributed by atoms with Gasteiger partial charge in [-0.05, 0) is 72.3 Å². The fourth-order valence-corrected chi connectivity index (χ4v) is 4.53. The van der Waals surface area contributed by atoms with Crippen molar-refractivity contribution in [1.82, 2.24) is 4.90 Å². The summed E-state index contributed by atoms with van der Waals surface area (Å²) in [4.78, 5) is 2.41. The Balaban J connectivity index is 1.72. The first kappa shape index (κ1) is 15.7. The average molecular weight is 331 g/mol. The summed E-state index contributed by atoms with van der Waals surface area (Å²) in [7, 11) is 2.16. The number of piperidine rings is 1. The van der Waals surface area contributed by atoms with Crippen LogP contribution in [-0.2, 0) is 6.18 Å². The molecule has 0 saturated carbocycles. The third-order valence-electron chi connectivity index (χ3n) is 5.75. The van der Waals surface area contributed by atoms with E-state index in [9.17, 15) is 13.2 Å². The highest BCUT2D eigenvalue weighted by Crippen LogP contribution is 2.53. The second-order valence-corrected chi connectivity index (χ2v) is 7.10. The SMILES string of the molecule is CC1C2CCN(C)C1c1cc(-c3ccc(C(F)(F)F)cc3)ccc12. The van der Waals surface area contributed by atoms with E-state index in [1.54, 1.807) is 12.1 Å². The van der Waals surface area contributed by atoms with Crippen LogP contribution in [0.1, 0.15) is 42.0 Å². The number of nitrogens with zero attached hydrogens (tertiary/aromatic N) is 1. The number of hydrogen-bond donors (Lipinski definition) is 0. The van der Waals surface area contributed by atoms with Crippen LogP contribution in [0.3, 0.4) is 0 Å². The molecule has 1 nitrogen and oxygen atoms in total. The third kappa shape index (κ3) is 2.35. The lowest BCUT2D eigenvalue weighted by molar-refractivity contribution is -0.137. The van der Waals surface area contributed by atoms with Crippen LogP contribution in [0.4, 0.5) is 13.2 Å². The molecule has 1 aliphatic carbocycles. The summed E-state index contributed by atoms with van der Waals surface area (Å²) in [6, 6.07) is 12.3. The first-order chi connectivity index (χ1) is 11.4. The number of fused-ring (bicyclic) bond motifs is 5. The number of hydrogen-bond acceptors (Lipinski definition) is 1. The Labute approximate surface area is 140 Å². The molecule has 126 valence electrons. The zero-order valence-electron chi connectivity index (χ0n) is 13.8. The molecule has 2 aliphatic rings. The molecule has 1 heterocycles. The van der Waals surface area contributed by atoms with Gasteiger partial charge in [0.15, 0.2) is 0 Å². The fraction of sp³-hybridized carbons (Fsp3) is 0.400. The maximum atomic E-state index is 12.7. The van der Waals surface area contributed by atoms with E-state index in [4.69, 9.17) is 0 Å². The molecular weight excluding hydrogens is 311 g/mol. The number of rotatable bonds is 1. The predicted octanol–water partition coefficient (Wildman–Crippen LogP) is 5.48. The number of likely N-dealkylation sites (tertiary alicyclic amines) is 1. The fourth-order valence-electron chi connectivity index (χ4n) is 4.53. The van der Waals surface area contributed by atoms with Crippen molar-refractivity contribution in [3.8, 4) is 11.1 Å². The van der Waals surface area contributed by atoms with Gasteiger partial charge in [0.05, 0.1) is 5.56 Å². The minimum absolute atomic E-state index is 0.424. The summed E-state index contributed by atoms with van der Waals surface area (Å²) in [6.45, 7) is 3.41. The predicted molar refractivity (Wildman–Crippen MR) is 88.8 cm³/mol. The normalized spacial score (nSPS) is 26.5. The highest BCUT2D eigenvalue weighted by molar-refractivity contribution is 5.66. The number of halogens is 3. The van der Waals surface area contributed by atoms with E-state index in [0.29, 0.717) is 17.9 Å². The number of benzene rings is 2. The van der Waals surface area contributed by atoms with E-state index in [0.717, 1.165) is 29.8 Å². The molecule has 4 rings (SSSR count). The van der Waals surface area contributed by atoms with Crippen molar-refractivity contribution in [1.29, 1.82) is 0 Å². The molecule has 1 aliphatic heterocycles. The van der Waals surface area contributed by atoms with E-state index < -0.39 is 11.7 Å². The molecule has 2 aromatic carbocycles. The van der Waals surface area contributed by atoms with Crippen LogP contribution in [-0.4, -0.2) is 18.5 Å². The van der Waals surface area contributed by atoms with Crippen molar-refractivity contribution in [2.75, 3.05) is 13.6 Å². The van der Waals surface area contributed by atoms with Gasteiger partial charge in [0, 0.05) is 6.04 Å². The van der Waals surface area contributed by atoms with E-state index in [2.05, 4.69) is 37.1 Å². The Morgan fingerprint density at radius 2 is 1.62 bits per heavy atom. The zero-order valence-corrected chi connectivity index (χ0v) is 13.8. The Morgan fingerprint density at radius 3 is 2.29 bits per heavy atom. The molecule has 0 aromatic heterocycles. The monoisotopic (exact) mass is 331 g/mol. The standard InChI is InChI=1S/C20H20F3N/c1-12-16-9-10-24(2)19(12)18-11-14(5-8-17(16)18)13-3-6-15(7-4-13)20(21,22)23/h3-8,11-12,16,19H,9-10H2,1-2H3. The highest BCUT2D eigenvalue weighted by atomic mass is 19.4. The lowest BCUT2D eigenvalue weighted by Crippen LogP contribution is -2.33. The largest absolute Gasteiger partial charge is 0.416 e. The van der Waals surface area contributed by atoms with Gasteiger partial charge < -0.3 is 0 Å². The van der Waals surface area contributed by atoms with Gasteiger partial charge in [-0.1, -0.05) is 31.2 Å². The first-order valence-corrected chi connectivity index (χ1v) is 8.38. The minimum Gasteiger partial charge on any atom is -0.299 e. The summed E-state index contributed by atoms with van der Waals surface area (Å²) in [5, 5.41) is 0. The molecule has 3 atom stereocenters. The smallest absolute Gasteiger partial charge is 0.299 e. The lowest BCUT2D eigenvalue weighted by Gasteiger charge is -2.35. The van der Waals surface area contributed by atoms with Gasteiger partial charge in [-0.25, -0.2) is 0 Å².